The topological polar surface area (TPSA) is 99.2 Å². The number of piperidine rings is 1. The molecule has 1 fully saturated rings. The molecule has 0 saturated carbocycles. The van der Waals surface area contributed by atoms with E-state index in [4.69, 9.17) is 10.9 Å². The molecule has 0 aliphatic carbocycles. The van der Waals surface area contributed by atoms with Gasteiger partial charge in [0.2, 0.25) is 0 Å². The average Bonchev–Trinajstić information content (AvgIpc) is 2.49. The van der Waals surface area contributed by atoms with Crippen molar-refractivity contribution in [2.75, 3.05) is 13.1 Å². The van der Waals surface area contributed by atoms with Crippen molar-refractivity contribution in [2.24, 2.45) is 16.3 Å². The van der Waals surface area contributed by atoms with Crippen LogP contribution in [0.25, 0.3) is 0 Å². The van der Waals surface area contributed by atoms with Gasteiger partial charge >= 0.3 is 0 Å². The van der Waals surface area contributed by atoms with Crippen LogP contribution in [0.4, 0.5) is 0 Å². The largest absolute Gasteiger partial charge is 0.507 e. The molecule has 1 saturated heterocycles. The van der Waals surface area contributed by atoms with E-state index in [-0.39, 0.29) is 22.9 Å². The van der Waals surface area contributed by atoms with Crippen LogP contribution in [0.2, 0.25) is 0 Å². The number of phenolic OH excluding ortho intramolecular Hbond substituents is 1. The fraction of sp³-hybridized carbons (Fsp3) is 0.467. The summed E-state index contributed by atoms with van der Waals surface area (Å²) in [5.41, 5.74) is 6.57. The Morgan fingerprint density at radius 1 is 1.38 bits per heavy atom. The Morgan fingerprint density at radius 3 is 2.57 bits per heavy atom. The third-order valence-electron chi connectivity index (χ3n) is 4.26. The minimum Gasteiger partial charge on any atom is -0.507 e. The van der Waals surface area contributed by atoms with Gasteiger partial charge in [0, 0.05) is 18.5 Å². The van der Waals surface area contributed by atoms with E-state index in [1.54, 1.807) is 17.0 Å². The summed E-state index contributed by atoms with van der Waals surface area (Å²) in [4.78, 5) is 14.2. The molecule has 6 heteroatoms. The molecule has 114 valence electrons. The Balaban J connectivity index is 2.12. The molecule has 0 atom stereocenters. The molecule has 1 amide bonds. The monoisotopic (exact) mass is 291 g/mol. The summed E-state index contributed by atoms with van der Waals surface area (Å²) in [7, 11) is 0. The van der Waals surface area contributed by atoms with Gasteiger partial charge in [0.1, 0.15) is 11.6 Å². The molecule has 0 unspecified atom stereocenters. The van der Waals surface area contributed by atoms with Crippen LogP contribution >= 0.6 is 0 Å². The molecule has 0 radical (unpaired) electrons. The third-order valence-corrected chi connectivity index (χ3v) is 4.26. The Labute approximate surface area is 123 Å². The summed E-state index contributed by atoms with van der Waals surface area (Å²) in [6, 6.07) is 4.99. The van der Waals surface area contributed by atoms with Gasteiger partial charge in [0.15, 0.2) is 0 Å². The lowest BCUT2D eigenvalue weighted by molar-refractivity contribution is 0.0663. The number of benzene rings is 1. The smallest absolute Gasteiger partial charge is 0.257 e. The molecule has 1 heterocycles. The number of carbonyl (C=O) groups excluding carboxylic acids is 1. The zero-order chi connectivity index (χ0) is 15.6. The molecule has 0 aromatic heterocycles. The highest BCUT2D eigenvalue weighted by Gasteiger charge is 2.36. The van der Waals surface area contributed by atoms with Gasteiger partial charge in [0.25, 0.3) is 5.91 Å². The molecular weight excluding hydrogens is 270 g/mol. The molecule has 1 aliphatic rings. The van der Waals surface area contributed by atoms with Crippen LogP contribution in [0.5, 0.6) is 5.75 Å². The van der Waals surface area contributed by atoms with Crippen molar-refractivity contribution < 1.29 is 15.1 Å². The summed E-state index contributed by atoms with van der Waals surface area (Å²) in [5.74, 6) is 0.0149. The van der Waals surface area contributed by atoms with E-state index in [1.165, 1.54) is 6.07 Å². The van der Waals surface area contributed by atoms with Crippen molar-refractivity contribution >= 4 is 11.7 Å². The Kier molecular flexibility index (Phi) is 4.06. The molecule has 0 bridgehead atoms. The predicted octanol–water partition coefficient (Wildman–Crippen LogP) is 1.69. The van der Waals surface area contributed by atoms with Gasteiger partial charge in [-0.2, -0.15) is 0 Å². The maximum atomic E-state index is 12.5. The first-order chi connectivity index (χ1) is 9.87. The summed E-state index contributed by atoms with van der Waals surface area (Å²) < 4.78 is 0. The summed E-state index contributed by atoms with van der Waals surface area (Å²) in [6.07, 6.45) is 1.25. The summed E-state index contributed by atoms with van der Waals surface area (Å²) >= 11 is 0. The fourth-order valence-electron chi connectivity index (χ4n) is 2.57. The standard InChI is InChI=1S/C15H21N3O3/c1-10-3-4-12(19)11(9-10)13(20)18-7-5-15(2,6-8-18)14(16)17-21/h3-4,9,19,21H,5-8H2,1-2H3,(H2,16,17). The van der Waals surface area contributed by atoms with Gasteiger partial charge in [-0.1, -0.05) is 23.7 Å². The molecule has 4 N–H and O–H groups in total. The van der Waals surface area contributed by atoms with Crippen molar-refractivity contribution in [1.29, 1.82) is 0 Å². The molecule has 1 aliphatic heterocycles. The van der Waals surface area contributed by atoms with Crippen molar-refractivity contribution in [3.63, 3.8) is 0 Å². The van der Waals surface area contributed by atoms with Gasteiger partial charge in [-0.05, 0) is 31.9 Å². The fourth-order valence-corrected chi connectivity index (χ4v) is 2.57. The number of carbonyl (C=O) groups is 1. The van der Waals surface area contributed by atoms with Crippen LogP contribution in [0.15, 0.2) is 23.4 Å². The second kappa shape index (κ2) is 5.63. The number of aromatic hydroxyl groups is 1. The molecular formula is C15H21N3O3. The minimum absolute atomic E-state index is 0.00429. The first-order valence-corrected chi connectivity index (χ1v) is 6.94. The second-order valence-corrected chi connectivity index (χ2v) is 5.86. The number of hydrogen-bond donors (Lipinski definition) is 3. The highest BCUT2D eigenvalue weighted by molar-refractivity contribution is 5.97. The number of rotatable bonds is 2. The third kappa shape index (κ3) is 2.94. The van der Waals surface area contributed by atoms with Gasteiger partial charge in [-0.3, -0.25) is 4.79 Å². The Bertz CT molecular complexity index is 576. The number of aryl methyl sites for hydroxylation is 1. The van der Waals surface area contributed by atoms with Crippen LogP contribution in [-0.2, 0) is 0 Å². The highest BCUT2D eigenvalue weighted by atomic mass is 16.4. The molecule has 1 aromatic carbocycles. The van der Waals surface area contributed by atoms with Crippen molar-refractivity contribution in [1.82, 2.24) is 4.90 Å². The van der Waals surface area contributed by atoms with E-state index in [9.17, 15) is 9.90 Å². The maximum absolute atomic E-state index is 12.5. The van der Waals surface area contributed by atoms with Crippen LogP contribution in [-0.4, -0.2) is 40.0 Å². The lowest BCUT2D eigenvalue weighted by Gasteiger charge is -2.38. The van der Waals surface area contributed by atoms with Gasteiger partial charge in [-0.15, -0.1) is 0 Å². The van der Waals surface area contributed by atoms with Crippen molar-refractivity contribution in [3.05, 3.63) is 29.3 Å². The summed E-state index contributed by atoms with van der Waals surface area (Å²) in [6.45, 7) is 4.83. The average molecular weight is 291 g/mol. The number of nitrogens with two attached hydrogens (primary N) is 1. The molecule has 2 rings (SSSR count). The number of nitrogens with zero attached hydrogens (tertiary/aromatic N) is 2. The Hall–Kier alpha value is -2.24. The first kappa shape index (κ1) is 15.2. The first-order valence-electron chi connectivity index (χ1n) is 6.94. The van der Waals surface area contributed by atoms with Gasteiger partial charge in [-0.25, -0.2) is 0 Å². The highest BCUT2D eigenvalue weighted by Crippen LogP contribution is 2.32. The number of phenols is 1. The number of oxime groups is 1. The summed E-state index contributed by atoms with van der Waals surface area (Å²) in [5, 5.41) is 21.8. The maximum Gasteiger partial charge on any atom is 0.257 e. The quantitative estimate of drug-likeness (QED) is 0.334. The zero-order valence-electron chi connectivity index (χ0n) is 12.3. The van der Waals surface area contributed by atoms with E-state index in [1.807, 2.05) is 13.8 Å². The molecule has 21 heavy (non-hydrogen) atoms. The van der Waals surface area contributed by atoms with Crippen molar-refractivity contribution in [2.45, 2.75) is 26.7 Å². The zero-order valence-corrected chi connectivity index (χ0v) is 12.3. The number of amides is 1. The lowest BCUT2D eigenvalue weighted by Crippen LogP contribution is -2.47. The SMILES string of the molecule is Cc1ccc(O)c(C(=O)N2CCC(C)(/C(N)=N/O)CC2)c1. The van der Waals surface area contributed by atoms with E-state index in [2.05, 4.69) is 5.16 Å². The number of hydrogen-bond acceptors (Lipinski definition) is 4. The number of amidine groups is 1. The molecule has 1 aromatic rings. The van der Waals surface area contributed by atoms with E-state index < -0.39 is 0 Å². The normalized spacial score (nSPS) is 18.6. The molecule has 6 nitrogen and oxygen atoms in total. The predicted molar refractivity (Wildman–Crippen MR) is 79.5 cm³/mol. The van der Waals surface area contributed by atoms with E-state index in [0.717, 1.165) is 5.56 Å². The number of likely N-dealkylation sites (tertiary alicyclic amines) is 1. The second-order valence-electron chi connectivity index (χ2n) is 5.86. The van der Waals surface area contributed by atoms with Gasteiger partial charge in [0.05, 0.1) is 5.56 Å². The minimum atomic E-state index is -0.389. The molecule has 0 spiro atoms. The van der Waals surface area contributed by atoms with Crippen LogP contribution in [0.3, 0.4) is 0 Å². The van der Waals surface area contributed by atoms with Gasteiger partial charge < -0.3 is 20.9 Å². The van der Waals surface area contributed by atoms with Crippen LogP contribution < -0.4 is 5.73 Å². The lowest BCUT2D eigenvalue weighted by atomic mass is 9.79. The Morgan fingerprint density at radius 2 is 2.00 bits per heavy atom. The van der Waals surface area contributed by atoms with Crippen molar-refractivity contribution in [3.8, 4) is 5.75 Å². The van der Waals surface area contributed by atoms with E-state index in [0.29, 0.717) is 31.5 Å². The van der Waals surface area contributed by atoms with Crippen LogP contribution in [0, 0.1) is 12.3 Å². The van der Waals surface area contributed by atoms with Crippen LogP contribution in [0.1, 0.15) is 35.7 Å². The van der Waals surface area contributed by atoms with E-state index >= 15 is 0 Å².